The lowest BCUT2D eigenvalue weighted by molar-refractivity contribution is 0.657. The second-order valence-electron chi connectivity index (χ2n) is 7.96. The molecular formula is C25H19N2O+. The van der Waals surface area contributed by atoms with Crippen molar-refractivity contribution in [2.75, 3.05) is 29.4 Å². The third-order valence-corrected chi connectivity index (χ3v) is 6.30. The van der Waals surface area contributed by atoms with Crippen LogP contribution in [0.5, 0.6) is 0 Å². The smallest absolute Gasteiger partial charge is 0.363 e. The van der Waals surface area contributed by atoms with Gasteiger partial charge in [0.1, 0.15) is 11.1 Å². The molecule has 3 heteroatoms. The van der Waals surface area contributed by atoms with E-state index in [1.54, 1.807) is 0 Å². The molecule has 0 radical (unpaired) electrons. The van der Waals surface area contributed by atoms with Crippen molar-refractivity contribution in [3.05, 3.63) is 71.0 Å². The zero-order valence-electron chi connectivity index (χ0n) is 15.5. The maximum atomic E-state index is 6.68. The molecule has 0 N–H and O–H groups in total. The van der Waals surface area contributed by atoms with Crippen LogP contribution in [0.2, 0.25) is 0 Å². The number of anilines is 2. The molecule has 3 nitrogen and oxygen atoms in total. The Balaban J connectivity index is 1.62. The molecule has 0 spiro atoms. The van der Waals surface area contributed by atoms with Crippen LogP contribution in [0, 0.1) is 0 Å². The van der Waals surface area contributed by atoms with E-state index in [1.165, 1.54) is 44.4 Å². The predicted molar refractivity (Wildman–Crippen MR) is 118 cm³/mol. The van der Waals surface area contributed by atoms with Crippen LogP contribution in [0.3, 0.4) is 0 Å². The van der Waals surface area contributed by atoms with Gasteiger partial charge in [0.2, 0.25) is 0 Å². The van der Waals surface area contributed by atoms with Gasteiger partial charge in [-0.1, -0.05) is 30.4 Å². The number of nitrogens with zero attached hydrogens (tertiary/aromatic N) is 2. The first-order chi connectivity index (χ1) is 13.9. The molecular weight excluding hydrogens is 344 g/mol. The summed E-state index contributed by atoms with van der Waals surface area (Å²) in [7, 11) is 0. The quantitative estimate of drug-likeness (QED) is 0.381. The maximum absolute atomic E-state index is 6.68. The van der Waals surface area contributed by atoms with E-state index in [1.807, 2.05) is 0 Å². The molecule has 28 heavy (non-hydrogen) atoms. The highest BCUT2D eigenvalue weighted by molar-refractivity contribution is 6.04. The fraction of sp³-hybridized carbons (Fsp3) is 0.160. The molecule has 0 amide bonds. The van der Waals surface area contributed by atoms with Crippen LogP contribution in [0.25, 0.3) is 40.2 Å². The summed E-state index contributed by atoms with van der Waals surface area (Å²) in [5, 5.41) is 2.36. The predicted octanol–water partition coefficient (Wildman–Crippen LogP) is 5.63. The van der Waals surface area contributed by atoms with Crippen LogP contribution in [0.4, 0.5) is 11.4 Å². The van der Waals surface area contributed by atoms with Gasteiger partial charge in [0.15, 0.2) is 0 Å². The number of hydrogen-bond donors (Lipinski definition) is 0. The third kappa shape index (κ3) is 1.81. The Bertz CT molecular complexity index is 1330. The van der Waals surface area contributed by atoms with E-state index < -0.39 is 0 Å². The van der Waals surface area contributed by atoms with E-state index >= 15 is 0 Å². The van der Waals surface area contributed by atoms with E-state index in [9.17, 15) is 0 Å². The van der Waals surface area contributed by atoms with Gasteiger partial charge >= 0.3 is 11.2 Å². The Morgan fingerprint density at radius 3 is 2.36 bits per heavy atom. The van der Waals surface area contributed by atoms with Gasteiger partial charge in [0.05, 0.1) is 22.1 Å². The van der Waals surface area contributed by atoms with Gasteiger partial charge in [-0.25, -0.2) is 4.42 Å². The van der Waals surface area contributed by atoms with Gasteiger partial charge in [-0.05, 0) is 47.9 Å². The van der Waals surface area contributed by atoms with Crippen molar-refractivity contribution in [2.45, 2.75) is 6.42 Å². The molecule has 2 aromatic carbocycles. The number of rotatable bonds is 0. The van der Waals surface area contributed by atoms with E-state index in [0.717, 1.165) is 37.2 Å². The number of benzene rings is 2. The first-order valence-corrected chi connectivity index (χ1v) is 9.98. The van der Waals surface area contributed by atoms with Crippen molar-refractivity contribution < 1.29 is 4.42 Å². The lowest BCUT2D eigenvalue weighted by atomic mass is 9.93. The van der Waals surface area contributed by atoms with Crippen molar-refractivity contribution in [1.82, 2.24) is 0 Å². The van der Waals surface area contributed by atoms with Crippen LogP contribution >= 0.6 is 0 Å². The van der Waals surface area contributed by atoms with Crippen molar-refractivity contribution in [1.29, 1.82) is 0 Å². The molecule has 0 saturated heterocycles. The molecule has 0 saturated carbocycles. The van der Waals surface area contributed by atoms with Crippen molar-refractivity contribution in [2.24, 2.45) is 0 Å². The van der Waals surface area contributed by atoms with Crippen molar-refractivity contribution >= 4 is 51.5 Å². The van der Waals surface area contributed by atoms with Gasteiger partial charge in [0.25, 0.3) is 0 Å². The molecule has 7 rings (SSSR count). The summed E-state index contributed by atoms with van der Waals surface area (Å²) in [5.74, 6) is 0. The first kappa shape index (κ1) is 14.7. The average molecular weight is 363 g/mol. The molecule has 0 bridgehead atoms. The standard InChI is InChI=1S/C25H19N2O/c1-5-16-13-18-15-19-14-17-6-2-10-27-12-4-8-21(23(17)27)25(19)28-24(18)20-7-3-11-26(9-1)22(16)20/h1-5,7-8,10,13-15H,6,9,11-12H2/q+1. The molecule has 0 fully saturated rings. The van der Waals surface area contributed by atoms with Gasteiger partial charge in [-0.15, -0.1) is 0 Å². The van der Waals surface area contributed by atoms with Gasteiger partial charge in [0, 0.05) is 25.8 Å². The summed E-state index contributed by atoms with van der Waals surface area (Å²) in [5.41, 5.74) is 9.72. The highest BCUT2D eigenvalue weighted by Crippen LogP contribution is 2.43. The third-order valence-electron chi connectivity index (χ3n) is 6.30. The summed E-state index contributed by atoms with van der Waals surface area (Å²) in [6.07, 6.45) is 18.9. The monoisotopic (exact) mass is 363 g/mol. The van der Waals surface area contributed by atoms with E-state index in [-0.39, 0.29) is 0 Å². The second kappa shape index (κ2) is 5.14. The van der Waals surface area contributed by atoms with Gasteiger partial charge < -0.3 is 9.80 Å². The summed E-state index contributed by atoms with van der Waals surface area (Å²) in [4.78, 5) is 4.75. The minimum absolute atomic E-state index is 0.929. The maximum Gasteiger partial charge on any atom is 0.370 e. The van der Waals surface area contributed by atoms with E-state index in [4.69, 9.17) is 4.42 Å². The van der Waals surface area contributed by atoms with Gasteiger partial charge in [-0.3, -0.25) is 0 Å². The molecule has 3 aromatic rings. The Labute approximate surface area is 163 Å². The lowest BCUT2D eigenvalue weighted by Gasteiger charge is -2.30. The second-order valence-corrected chi connectivity index (χ2v) is 7.96. The number of allylic oxidation sites excluding steroid dienone is 1. The molecule has 5 heterocycles. The molecule has 0 aliphatic carbocycles. The Kier molecular flexibility index (Phi) is 2.69. The van der Waals surface area contributed by atoms with Crippen LogP contribution < -0.4 is 9.80 Å². The average Bonchev–Trinajstić information content (AvgIpc) is 2.74. The highest BCUT2D eigenvalue weighted by Gasteiger charge is 2.31. The largest absolute Gasteiger partial charge is 0.370 e. The summed E-state index contributed by atoms with van der Waals surface area (Å²) >= 11 is 0. The molecule has 4 aliphatic heterocycles. The zero-order chi connectivity index (χ0) is 18.2. The molecule has 134 valence electrons. The molecule has 0 unspecified atom stereocenters. The number of hydrogen-bond acceptors (Lipinski definition) is 2. The van der Waals surface area contributed by atoms with Crippen LogP contribution in [-0.2, 0) is 6.42 Å². The normalized spacial score (nSPS) is 18.1. The molecule has 1 aromatic heterocycles. The summed E-state index contributed by atoms with van der Waals surface area (Å²) in [6.45, 7) is 2.86. The van der Waals surface area contributed by atoms with Crippen LogP contribution in [0.15, 0.2) is 53.1 Å². The van der Waals surface area contributed by atoms with Crippen LogP contribution in [-0.4, -0.2) is 19.6 Å². The zero-order valence-corrected chi connectivity index (χ0v) is 15.5. The lowest BCUT2D eigenvalue weighted by Crippen LogP contribution is -2.28. The van der Waals surface area contributed by atoms with Crippen LogP contribution in [0.1, 0.15) is 22.3 Å². The Morgan fingerprint density at radius 2 is 1.46 bits per heavy atom. The number of fused-ring (bicyclic) bond motifs is 4. The highest BCUT2D eigenvalue weighted by atomic mass is 16.3. The summed E-state index contributed by atoms with van der Waals surface area (Å²) in [6, 6.07) is 6.91. The Hall–Kier alpha value is -3.33. The minimum Gasteiger partial charge on any atom is -0.363 e. The van der Waals surface area contributed by atoms with Gasteiger partial charge in [-0.2, -0.15) is 0 Å². The summed E-state index contributed by atoms with van der Waals surface area (Å²) < 4.78 is 6.68. The fourth-order valence-electron chi connectivity index (χ4n) is 5.15. The molecule has 0 atom stereocenters. The van der Waals surface area contributed by atoms with Crippen molar-refractivity contribution in [3.63, 3.8) is 0 Å². The van der Waals surface area contributed by atoms with E-state index in [2.05, 4.69) is 76.7 Å². The van der Waals surface area contributed by atoms with E-state index in [0.29, 0.717) is 0 Å². The van der Waals surface area contributed by atoms with Crippen molar-refractivity contribution in [3.8, 4) is 0 Å². The topological polar surface area (TPSA) is 17.8 Å². The Morgan fingerprint density at radius 1 is 0.714 bits per heavy atom. The first-order valence-electron chi connectivity index (χ1n) is 9.98. The SMILES string of the molecule is C1=CN2CC=Cc3c2c(cc2cc4cc5c6c(c4[o+]c32)C=CCN6CC=C5)C1. The fourth-order valence-corrected chi connectivity index (χ4v) is 5.15. The minimum atomic E-state index is 0.929. The molecule has 4 aliphatic rings.